The SMILES string of the molecule is C=CC(=O)N(C)CC(=O)NCC(C)(C)c1ccc(F)cc1. The van der Waals surface area contributed by atoms with Gasteiger partial charge in [0.15, 0.2) is 0 Å². The molecule has 0 saturated carbocycles. The van der Waals surface area contributed by atoms with Gasteiger partial charge in [0.1, 0.15) is 5.82 Å². The average molecular weight is 292 g/mol. The highest BCUT2D eigenvalue weighted by Crippen LogP contribution is 2.22. The summed E-state index contributed by atoms with van der Waals surface area (Å²) in [5.74, 6) is -0.839. The topological polar surface area (TPSA) is 49.4 Å². The maximum Gasteiger partial charge on any atom is 0.246 e. The minimum absolute atomic E-state index is 0.0235. The highest BCUT2D eigenvalue weighted by atomic mass is 19.1. The van der Waals surface area contributed by atoms with Gasteiger partial charge in [-0.05, 0) is 23.8 Å². The first-order valence-electron chi connectivity index (χ1n) is 6.66. The molecule has 21 heavy (non-hydrogen) atoms. The van der Waals surface area contributed by atoms with E-state index in [4.69, 9.17) is 0 Å². The third kappa shape index (κ3) is 5.02. The highest BCUT2D eigenvalue weighted by Gasteiger charge is 2.22. The van der Waals surface area contributed by atoms with Crippen LogP contribution in [0.3, 0.4) is 0 Å². The summed E-state index contributed by atoms with van der Waals surface area (Å²) in [6, 6.07) is 6.20. The van der Waals surface area contributed by atoms with E-state index in [1.165, 1.54) is 24.1 Å². The van der Waals surface area contributed by atoms with Gasteiger partial charge in [-0.25, -0.2) is 4.39 Å². The number of nitrogens with one attached hydrogen (secondary N) is 1. The largest absolute Gasteiger partial charge is 0.354 e. The lowest BCUT2D eigenvalue weighted by molar-refractivity contribution is -0.131. The summed E-state index contributed by atoms with van der Waals surface area (Å²) in [6.45, 7) is 7.66. The minimum atomic E-state index is -0.329. The van der Waals surface area contributed by atoms with Crippen LogP contribution in [0.25, 0.3) is 0 Å². The molecule has 0 unspecified atom stereocenters. The number of amides is 2. The van der Waals surface area contributed by atoms with E-state index >= 15 is 0 Å². The van der Waals surface area contributed by atoms with Gasteiger partial charge in [0.2, 0.25) is 11.8 Å². The smallest absolute Gasteiger partial charge is 0.246 e. The molecule has 1 aromatic carbocycles. The Kier molecular flexibility index (Phi) is 5.64. The van der Waals surface area contributed by atoms with E-state index in [2.05, 4.69) is 11.9 Å². The van der Waals surface area contributed by atoms with E-state index in [1.807, 2.05) is 13.8 Å². The Morgan fingerprint density at radius 3 is 2.43 bits per heavy atom. The van der Waals surface area contributed by atoms with Gasteiger partial charge in [0, 0.05) is 19.0 Å². The van der Waals surface area contributed by atoms with E-state index in [0.29, 0.717) is 6.54 Å². The molecule has 0 radical (unpaired) electrons. The minimum Gasteiger partial charge on any atom is -0.354 e. The number of hydrogen-bond donors (Lipinski definition) is 1. The van der Waals surface area contributed by atoms with Crippen LogP contribution in [-0.2, 0) is 15.0 Å². The molecule has 0 aliphatic carbocycles. The lowest BCUT2D eigenvalue weighted by Gasteiger charge is -2.26. The molecule has 1 aromatic rings. The Hall–Kier alpha value is -2.17. The molecule has 2 amide bonds. The van der Waals surface area contributed by atoms with Crippen molar-refractivity contribution in [2.45, 2.75) is 19.3 Å². The number of rotatable bonds is 6. The highest BCUT2D eigenvalue weighted by molar-refractivity contribution is 5.90. The summed E-state index contributed by atoms with van der Waals surface area (Å²) >= 11 is 0. The van der Waals surface area contributed by atoms with E-state index < -0.39 is 0 Å². The summed E-state index contributed by atoms with van der Waals surface area (Å²) in [6.07, 6.45) is 1.16. The van der Waals surface area contributed by atoms with E-state index in [0.717, 1.165) is 11.6 Å². The third-order valence-electron chi connectivity index (χ3n) is 3.28. The molecule has 0 spiro atoms. The second kappa shape index (κ2) is 7.02. The van der Waals surface area contributed by atoms with Crippen molar-refractivity contribution in [1.29, 1.82) is 0 Å². The van der Waals surface area contributed by atoms with E-state index in [9.17, 15) is 14.0 Å². The number of carbonyl (C=O) groups is 2. The molecular formula is C16H21FN2O2. The second-order valence-corrected chi connectivity index (χ2v) is 5.57. The summed E-state index contributed by atoms with van der Waals surface area (Å²) in [7, 11) is 1.54. The molecule has 0 heterocycles. The van der Waals surface area contributed by atoms with E-state index in [-0.39, 0.29) is 29.6 Å². The fraction of sp³-hybridized carbons (Fsp3) is 0.375. The van der Waals surface area contributed by atoms with Crippen molar-refractivity contribution in [1.82, 2.24) is 10.2 Å². The number of nitrogens with zero attached hydrogens (tertiary/aromatic N) is 1. The molecule has 0 atom stereocenters. The van der Waals surface area contributed by atoms with Gasteiger partial charge in [-0.1, -0.05) is 32.6 Å². The van der Waals surface area contributed by atoms with Crippen LogP contribution in [0, 0.1) is 5.82 Å². The van der Waals surface area contributed by atoms with Gasteiger partial charge in [-0.3, -0.25) is 9.59 Å². The molecule has 0 saturated heterocycles. The number of hydrogen-bond acceptors (Lipinski definition) is 2. The maximum atomic E-state index is 12.9. The molecule has 0 bridgehead atoms. The van der Waals surface area contributed by atoms with Crippen LogP contribution >= 0.6 is 0 Å². The maximum absolute atomic E-state index is 12.9. The predicted molar refractivity (Wildman–Crippen MR) is 80.3 cm³/mol. The van der Waals surface area contributed by atoms with Crippen molar-refractivity contribution in [3.05, 3.63) is 48.3 Å². The number of benzene rings is 1. The molecular weight excluding hydrogens is 271 g/mol. The Morgan fingerprint density at radius 2 is 1.90 bits per heavy atom. The van der Waals surface area contributed by atoms with Crippen molar-refractivity contribution in [2.24, 2.45) is 0 Å². The zero-order valence-electron chi connectivity index (χ0n) is 12.6. The first-order valence-corrected chi connectivity index (χ1v) is 6.66. The molecule has 0 aromatic heterocycles. The van der Waals surface area contributed by atoms with Crippen molar-refractivity contribution in [2.75, 3.05) is 20.1 Å². The summed E-state index contributed by atoms with van der Waals surface area (Å²) in [5.41, 5.74) is 0.601. The van der Waals surface area contributed by atoms with Crippen LogP contribution in [0.2, 0.25) is 0 Å². The zero-order chi connectivity index (χ0) is 16.0. The van der Waals surface area contributed by atoms with Crippen LogP contribution in [0.5, 0.6) is 0 Å². The van der Waals surface area contributed by atoms with Crippen molar-refractivity contribution < 1.29 is 14.0 Å². The Labute approximate surface area is 124 Å². The molecule has 114 valence electrons. The molecule has 0 aliphatic heterocycles. The van der Waals surface area contributed by atoms with Crippen LogP contribution in [0.15, 0.2) is 36.9 Å². The molecule has 1 rings (SSSR count). The van der Waals surface area contributed by atoms with Gasteiger partial charge < -0.3 is 10.2 Å². The number of carbonyl (C=O) groups excluding carboxylic acids is 2. The van der Waals surface area contributed by atoms with Crippen molar-refractivity contribution in [3.63, 3.8) is 0 Å². The van der Waals surface area contributed by atoms with Gasteiger partial charge in [0.25, 0.3) is 0 Å². The monoisotopic (exact) mass is 292 g/mol. The molecule has 1 N–H and O–H groups in total. The average Bonchev–Trinajstić information content (AvgIpc) is 2.44. The predicted octanol–water partition coefficient (Wildman–Crippen LogP) is 1.86. The zero-order valence-corrected chi connectivity index (χ0v) is 12.6. The number of likely N-dealkylation sites (N-methyl/N-ethyl adjacent to an activating group) is 1. The quantitative estimate of drug-likeness (QED) is 0.814. The van der Waals surface area contributed by atoms with Gasteiger partial charge in [-0.15, -0.1) is 0 Å². The van der Waals surface area contributed by atoms with Crippen molar-refractivity contribution >= 4 is 11.8 Å². The fourth-order valence-electron chi connectivity index (χ4n) is 1.83. The van der Waals surface area contributed by atoms with Crippen LogP contribution in [0.4, 0.5) is 4.39 Å². The lowest BCUT2D eigenvalue weighted by Crippen LogP contribution is -2.42. The van der Waals surface area contributed by atoms with Gasteiger partial charge in [-0.2, -0.15) is 0 Å². The first kappa shape index (κ1) is 16.9. The second-order valence-electron chi connectivity index (χ2n) is 5.57. The van der Waals surface area contributed by atoms with Crippen LogP contribution in [0.1, 0.15) is 19.4 Å². The molecule has 0 fully saturated rings. The Morgan fingerprint density at radius 1 is 1.33 bits per heavy atom. The third-order valence-corrected chi connectivity index (χ3v) is 3.28. The van der Waals surface area contributed by atoms with Crippen LogP contribution in [-0.4, -0.2) is 36.9 Å². The summed E-state index contributed by atoms with van der Waals surface area (Å²) in [5, 5.41) is 2.79. The Bertz CT molecular complexity index is 524. The lowest BCUT2D eigenvalue weighted by atomic mass is 9.84. The van der Waals surface area contributed by atoms with Crippen LogP contribution < -0.4 is 5.32 Å². The summed E-state index contributed by atoms with van der Waals surface area (Å²) in [4.78, 5) is 24.4. The summed E-state index contributed by atoms with van der Waals surface area (Å²) < 4.78 is 12.9. The Balaban J connectivity index is 2.57. The van der Waals surface area contributed by atoms with Crippen molar-refractivity contribution in [3.8, 4) is 0 Å². The molecule has 4 nitrogen and oxygen atoms in total. The van der Waals surface area contributed by atoms with E-state index in [1.54, 1.807) is 12.1 Å². The van der Waals surface area contributed by atoms with Gasteiger partial charge >= 0.3 is 0 Å². The number of halogens is 1. The van der Waals surface area contributed by atoms with Gasteiger partial charge in [0.05, 0.1) is 6.54 Å². The molecule has 0 aliphatic rings. The first-order chi connectivity index (χ1) is 9.76. The fourth-order valence-corrected chi connectivity index (χ4v) is 1.83. The molecule has 5 heteroatoms. The normalized spacial score (nSPS) is 10.9. The standard InChI is InChI=1S/C16H21FN2O2/c1-5-15(21)19(4)10-14(20)18-11-16(2,3)12-6-8-13(17)9-7-12/h5-9H,1,10-11H2,2-4H3,(H,18,20).